The zero-order valence-electron chi connectivity index (χ0n) is 12.9. The van der Waals surface area contributed by atoms with Crippen LogP contribution < -0.4 is 4.74 Å². The monoisotopic (exact) mass is 303 g/mol. The standard InChI is InChI=1S/C16H21N3O3/c1-16(2,10-15(20)21)7-3-9-22-12-4-5-13(17-11-12)14-6-8-18-19-14/h4-6,8,11H,3,7,9-10H2,1-2H3,(H,18,19)(H,20,21). The van der Waals surface area contributed by atoms with Gasteiger partial charge in [0.2, 0.25) is 0 Å². The molecule has 0 aliphatic carbocycles. The number of aromatic nitrogens is 3. The van der Waals surface area contributed by atoms with Crippen LogP contribution in [0, 0.1) is 5.41 Å². The van der Waals surface area contributed by atoms with E-state index in [1.807, 2.05) is 32.0 Å². The molecule has 0 unspecified atom stereocenters. The topological polar surface area (TPSA) is 88.1 Å². The minimum Gasteiger partial charge on any atom is -0.492 e. The summed E-state index contributed by atoms with van der Waals surface area (Å²) in [4.78, 5) is 15.1. The predicted octanol–water partition coefficient (Wildman–Crippen LogP) is 3.13. The second kappa shape index (κ2) is 7.06. The molecule has 0 aliphatic rings. The molecule has 2 N–H and O–H groups in total. The van der Waals surface area contributed by atoms with Crippen LogP contribution in [0.3, 0.4) is 0 Å². The fourth-order valence-corrected chi connectivity index (χ4v) is 2.26. The highest BCUT2D eigenvalue weighted by Crippen LogP contribution is 2.26. The second-order valence-electron chi connectivity index (χ2n) is 6.04. The van der Waals surface area contributed by atoms with Crippen molar-refractivity contribution in [3.63, 3.8) is 0 Å². The van der Waals surface area contributed by atoms with Crippen LogP contribution in [0.2, 0.25) is 0 Å². The van der Waals surface area contributed by atoms with Gasteiger partial charge in [0.05, 0.1) is 30.6 Å². The van der Waals surface area contributed by atoms with Crippen LogP contribution in [-0.2, 0) is 4.79 Å². The van der Waals surface area contributed by atoms with Gasteiger partial charge in [-0.1, -0.05) is 13.8 Å². The molecule has 0 saturated heterocycles. The van der Waals surface area contributed by atoms with Crippen LogP contribution in [-0.4, -0.2) is 32.9 Å². The molecule has 0 aromatic carbocycles. The van der Waals surface area contributed by atoms with Crippen molar-refractivity contribution in [2.45, 2.75) is 33.1 Å². The summed E-state index contributed by atoms with van der Waals surface area (Å²) in [6.45, 7) is 4.47. The smallest absolute Gasteiger partial charge is 0.303 e. The van der Waals surface area contributed by atoms with Crippen molar-refractivity contribution in [3.8, 4) is 17.1 Å². The van der Waals surface area contributed by atoms with E-state index in [4.69, 9.17) is 9.84 Å². The Bertz CT molecular complexity index is 592. The third kappa shape index (κ3) is 4.87. The van der Waals surface area contributed by atoms with Crippen molar-refractivity contribution < 1.29 is 14.6 Å². The molecule has 22 heavy (non-hydrogen) atoms. The number of aromatic amines is 1. The maximum atomic E-state index is 10.8. The van der Waals surface area contributed by atoms with E-state index >= 15 is 0 Å². The van der Waals surface area contributed by atoms with Gasteiger partial charge in [-0.05, 0) is 36.5 Å². The Labute approximate surface area is 129 Å². The summed E-state index contributed by atoms with van der Waals surface area (Å²) in [5.41, 5.74) is 1.46. The number of pyridine rings is 1. The van der Waals surface area contributed by atoms with Crippen LogP contribution in [0.25, 0.3) is 11.4 Å². The van der Waals surface area contributed by atoms with Gasteiger partial charge in [-0.25, -0.2) is 0 Å². The molecule has 2 heterocycles. The molecule has 2 aromatic rings. The lowest BCUT2D eigenvalue weighted by Gasteiger charge is -2.22. The van der Waals surface area contributed by atoms with Gasteiger partial charge in [-0.2, -0.15) is 5.10 Å². The maximum absolute atomic E-state index is 10.8. The summed E-state index contributed by atoms with van der Waals surface area (Å²) in [5.74, 6) is -0.0520. The number of aliphatic carboxylic acids is 1. The lowest BCUT2D eigenvalue weighted by molar-refractivity contribution is -0.139. The summed E-state index contributed by atoms with van der Waals surface area (Å²) in [7, 11) is 0. The lowest BCUT2D eigenvalue weighted by Crippen LogP contribution is -2.17. The molecule has 0 radical (unpaired) electrons. The van der Waals surface area contributed by atoms with Crippen molar-refractivity contribution in [1.29, 1.82) is 0 Å². The molecule has 0 aliphatic heterocycles. The number of carboxylic acid groups (broad SMARTS) is 1. The molecule has 0 bridgehead atoms. The number of hydrogen-bond acceptors (Lipinski definition) is 4. The fourth-order valence-electron chi connectivity index (χ4n) is 2.26. The SMILES string of the molecule is CC(C)(CCCOc1ccc(-c2ccn[nH]2)nc1)CC(=O)O. The van der Waals surface area contributed by atoms with Gasteiger partial charge in [-0.15, -0.1) is 0 Å². The first-order valence-corrected chi connectivity index (χ1v) is 7.27. The zero-order chi connectivity index (χ0) is 16.0. The van der Waals surface area contributed by atoms with Crippen LogP contribution in [0.15, 0.2) is 30.6 Å². The normalized spacial score (nSPS) is 11.4. The quantitative estimate of drug-likeness (QED) is 0.731. The number of H-pyrrole nitrogens is 1. The molecule has 0 saturated carbocycles. The van der Waals surface area contributed by atoms with E-state index in [-0.39, 0.29) is 11.8 Å². The van der Waals surface area contributed by atoms with E-state index in [2.05, 4.69) is 15.2 Å². The molecule has 0 spiro atoms. The van der Waals surface area contributed by atoms with Gasteiger partial charge in [0.25, 0.3) is 0 Å². The highest BCUT2D eigenvalue weighted by Gasteiger charge is 2.21. The first-order valence-electron chi connectivity index (χ1n) is 7.27. The zero-order valence-corrected chi connectivity index (χ0v) is 12.9. The number of ether oxygens (including phenoxy) is 1. The maximum Gasteiger partial charge on any atom is 0.303 e. The molecule has 0 fully saturated rings. The number of hydrogen-bond donors (Lipinski definition) is 2. The minimum absolute atomic E-state index is 0.174. The van der Waals surface area contributed by atoms with Gasteiger partial charge >= 0.3 is 5.97 Å². The van der Waals surface area contributed by atoms with Crippen LogP contribution >= 0.6 is 0 Å². The van der Waals surface area contributed by atoms with Crippen LogP contribution in [0.5, 0.6) is 5.75 Å². The lowest BCUT2D eigenvalue weighted by atomic mass is 9.84. The van der Waals surface area contributed by atoms with Gasteiger partial charge in [-0.3, -0.25) is 14.9 Å². The molecule has 6 heteroatoms. The predicted molar refractivity (Wildman–Crippen MR) is 82.6 cm³/mol. The Morgan fingerprint density at radius 2 is 2.18 bits per heavy atom. The summed E-state index contributed by atoms with van der Waals surface area (Å²) >= 11 is 0. The van der Waals surface area contributed by atoms with Crippen molar-refractivity contribution in [3.05, 3.63) is 30.6 Å². The Morgan fingerprint density at radius 3 is 2.77 bits per heavy atom. The van der Waals surface area contributed by atoms with Gasteiger partial charge in [0, 0.05) is 6.20 Å². The number of nitrogens with one attached hydrogen (secondary N) is 1. The summed E-state index contributed by atoms with van der Waals surface area (Å²) in [5, 5.41) is 15.6. The van der Waals surface area contributed by atoms with Crippen molar-refractivity contribution >= 4 is 5.97 Å². The number of carboxylic acids is 1. The van der Waals surface area contributed by atoms with Crippen LogP contribution in [0.4, 0.5) is 0 Å². The number of nitrogens with zero attached hydrogens (tertiary/aromatic N) is 2. The molecule has 0 amide bonds. The van der Waals surface area contributed by atoms with Crippen LogP contribution in [0.1, 0.15) is 33.1 Å². The highest BCUT2D eigenvalue weighted by atomic mass is 16.5. The third-order valence-electron chi connectivity index (χ3n) is 3.41. The van der Waals surface area contributed by atoms with Crippen molar-refractivity contribution in [2.24, 2.45) is 5.41 Å². The van der Waals surface area contributed by atoms with Gasteiger partial charge in [0.1, 0.15) is 5.75 Å². The molecular weight excluding hydrogens is 282 g/mol. The van der Waals surface area contributed by atoms with Crippen molar-refractivity contribution in [1.82, 2.24) is 15.2 Å². The van der Waals surface area contributed by atoms with Crippen molar-refractivity contribution in [2.75, 3.05) is 6.61 Å². The number of rotatable bonds is 8. The summed E-state index contributed by atoms with van der Waals surface area (Å²) in [6.07, 6.45) is 5.15. The third-order valence-corrected chi connectivity index (χ3v) is 3.41. The molecule has 0 atom stereocenters. The van der Waals surface area contributed by atoms with E-state index < -0.39 is 5.97 Å². The first-order chi connectivity index (χ1) is 10.5. The first kappa shape index (κ1) is 16.0. The Hall–Kier alpha value is -2.37. The second-order valence-corrected chi connectivity index (χ2v) is 6.04. The molecule has 6 nitrogen and oxygen atoms in total. The van der Waals surface area contributed by atoms with E-state index in [9.17, 15) is 4.79 Å². The largest absolute Gasteiger partial charge is 0.492 e. The summed E-state index contributed by atoms with van der Waals surface area (Å²) < 4.78 is 5.64. The molecule has 2 aromatic heterocycles. The Morgan fingerprint density at radius 1 is 1.36 bits per heavy atom. The Kier molecular flexibility index (Phi) is 5.14. The summed E-state index contributed by atoms with van der Waals surface area (Å²) in [6, 6.07) is 5.59. The number of carbonyl (C=O) groups is 1. The van der Waals surface area contributed by atoms with E-state index in [1.54, 1.807) is 12.4 Å². The Balaban J connectivity index is 1.77. The highest BCUT2D eigenvalue weighted by molar-refractivity contribution is 5.67. The average molecular weight is 303 g/mol. The van der Waals surface area contributed by atoms with Gasteiger partial charge < -0.3 is 9.84 Å². The van der Waals surface area contributed by atoms with E-state index in [0.29, 0.717) is 12.4 Å². The van der Waals surface area contributed by atoms with Gasteiger partial charge in [0.15, 0.2) is 0 Å². The van der Waals surface area contributed by atoms with E-state index in [1.165, 1.54) is 0 Å². The molecular formula is C16H21N3O3. The fraction of sp³-hybridized carbons (Fsp3) is 0.438. The molecule has 118 valence electrons. The average Bonchev–Trinajstić information content (AvgIpc) is 2.97. The van der Waals surface area contributed by atoms with E-state index in [0.717, 1.165) is 24.2 Å². The minimum atomic E-state index is -0.760. The molecule has 2 rings (SSSR count).